The summed E-state index contributed by atoms with van der Waals surface area (Å²) in [6.07, 6.45) is 8.85. The van der Waals surface area contributed by atoms with Crippen molar-refractivity contribution in [2.75, 3.05) is 45.9 Å². The molecular formula is C21H37IN4O2. The van der Waals surface area contributed by atoms with Crippen LogP contribution in [-0.4, -0.2) is 62.8 Å². The maximum atomic E-state index is 5.72. The highest BCUT2D eigenvalue weighted by Crippen LogP contribution is 2.28. The molecule has 7 heteroatoms. The van der Waals surface area contributed by atoms with Gasteiger partial charge in [0.15, 0.2) is 5.96 Å². The number of ether oxygens (including phenoxy) is 1. The normalized spacial score (nSPS) is 20.2. The molecule has 1 aromatic rings. The number of hydrogen-bond acceptors (Lipinski definition) is 4. The van der Waals surface area contributed by atoms with Crippen molar-refractivity contribution in [3.8, 4) is 0 Å². The molecule has 1 aromatic heterocycles. The molecule has 0 spiro atoms. The standard InChI is InChI=1S/C21H36N4O2.HI/c1-2-25-13-3-6-19(25)16-24-21(23-12-10-20-7-4-15-27-20)22-11-5-14-26-17-18-8-9-18;/h4,7,15,18-19H,2-3,5-6,8-14,16-17H2,1H3,(H2,22,23,24);1H. The Labute approximate surface area is 186 Å². The SMILES string of the molecule is CCN1CCCC1CN=C(NCCCOCC1CC1)NCCc1ccco1.I. The third-order valence-electron chi connectivity index (χ3n) is 5.42. The lowest BCUT2D eigenvalue weighted by atomic mass is 10.2. The molecule has 2 heterocycles. The van der Waals surface area contributed by atoms with E-state index in [1.54, 1.807) is 6.26 Å². The quantitative estimate of drug-likeness (QED) is 0.198. The summed E-state index contributed by atoms with van der Waals surface area (Å²) in [4.78, 5) is 7.40. The van der Waals surface area contributed by atoms with E-state index < -0.39 is 0 Å². The molecule has 1 saturated carbocycles. The lowest BCUT2D eigenvalue weighted by molar-refractivity contribution is 0.123. The van der Waals surface area contributed by atoms with Crippen LogP contribution in [0, 0.1) is 5.92 Å². The van der Waals surface area contributed by atoms with Crippen molar-refractivity contribution in [2.45, 2.75) is 51.5 Å². The van der Waals surface area contributed by atoms with Crippen molar-refractivity contribution < 1.29 is 9.15 Å². The number of nitrogens with zero attached hydrogens (tertiary/aromatic N) is 2. The number of likely N-dealkylation sites (N-methyl/N-ethyl adjacent to an activating group) is 1. The zero-order valence-corrected chi connectivity index (χ0v) is 19.5. The smallest absolute Gasteiger partial charge is 0.191 e. The number of guanidine groups is 1. The van der Waals surface area contributed by atoms with Gasteiger partial charge in [0, 0.05) is 38.8 Å². The second kappa shape index (κ2) is 13.4. The molecule has 1 aliphatic carbocycles. The summed E-state index contributed by atoms with van der Waals surface area (Å²) >= 11 is 0. The van der Waals surface area contributed by atoms with E-state index in [1.807, 2.05) is 12.1 Å². The fraction of sp³-hybridized carbons (Fsp3) is 0.762. The van der Waals surface area contributed by atoms with Crippen molar-refractivity contribution in [1.29, 1.82) is 0 Å². The summed E-state index contributed by atoms with van der Waals surface area (Å²) in [5, 5.41) is 6.92. The Morgan fingerprint density at radius 3 is 2.89 bits per heavy atom. The summed E-state index contributed by atoms with van der Waals surface area (Å²) in [5.74, 6) is 2.75. The minimum atomic E-state index is 0. The predicted molar refractivity (Wildman–Crippen MR) is 125 cm³/mol. The molecule has 1 atom stereocenters. The Morgan fingerprint density at radius 2 is 2.14 bits per heavy atom. The van der Waals surface area contributed by atoms with Crippen LogP contribution in [0.5, 0.6) is 0 Å². The molecule has 2 aliphatic rings. The van der Waals surface area contributed by atoms with E-state index in [1.165, 1.54) is 32.2 Å². The average molecular weight is 504 g/mol. The average Bonchev–Trinajstić information content (AvgIpc) is 3.17. The van der Waals surface area contributed by atoms with Crippen molar-refractivity contribution in [2.24, 2.45) is 10.9 Å². The number of nitrogens with one attached hydrogen (secondary N) is 2. The van der Waals surface area contributed by atoms with Gasteiger partial charge in [-0.15, -0.1) is 24.0 Å². The van der Waals surface area contributed by atoms with E-state index in [-0.39, 0.29) is 24.0 Å². The van der Waals surface area contributed by atoms with Crippen molar-refractivity contribution in [3.05, 3.63) is 24.2 Å². The molecule has 1 aliphatic heterocycles. The van der Waals surface area contributed by atoms with Crippen molar-refractivity contribution >= 4 is 29.9 Å². The van der Waals surface area contributed by atoms with Crippen molar-refractivity contribution in [3.63, 3.8) is 0 Å². The first-order valence-corrected chi connectivity index (χ1v) is 10.7. The number of rotatable bonds is 12. The first kappa shape index (κ1) is 23.5. The minimum Gasteiger partial charge on any atom is -0.469 e. The van der Waals surface area contributed by atoms with E-state index in [2.05, 4.69) is 22.5 Å². The van der Waals surface area contributed by atoms with Crippen molar-refractivity contribution in [1.82, 2.24) is 15.5 Å². The highest BCUT2D eigenvalue weighted by molar-refractivity contribution is 14.0. The van der Waals surface area contributed by atoms with Gasteiger partial charge in [0.2, 0.25) is 0 Å². The lowest BCUT2D eigenvalue weighted by Crippen LogP contribution is -2.40. The van der Waals surface area contributed by atoms with Gasteiger partial charge in [0.05, 0.1) is 12.8 Å². The molecule has 0 bridgehead atoms. The summed E-state index contributed by atoms with van der Waals surface area (Å²) < 4.78 is 11.1. The fourth-order valence-electron chi connectivity index (χ4n) is 3.56. The summed E-state index contributed by atoms with van der Waals surface area (Å²) in [7, 11) is 0. The van der Waals surface area contributed by atoms with Gasteiger partial charge in [-0.1, -0.05) is 6.92 Å². The van der Waals surface area contributed by atoms with Crippen LogP contribution in [0.4, 0.5) is 0 Å². The molecule has 3 rings (SSSR count). The number of likely N-dealkylation sites (tertiary alicyclic amines) is 1. The summed E-state index contributed by atoms with van der Waals surface area (Å²) in [6.45, 7) is 8.91. The van der Waals surface area contributed by atoms with Crippen LogP contribution in [0.1, 0.15) is 44.8 Å². The van der Waals surface area contributed by atoms with E-state index in [4.69, 9.17) is 14.1 Å². The van der Waals surface area contributed by atoms with Crippen LogP contribution in [0.15, 0.2) is 27.8 Å². The summed E-state index contributed by atoms with van der Waals surface area (Å²) in [5.41, 5.74) is 0. The number of hydrogen-bond donors (Lipinski definition) is 2. The summed E-state index contributed by atoms with van der Waals surface area (Å²) in [6, 6.07) is 4.53. The maximum Gasteiger partial charge on any atom is 0.191 e. The van der Waals surface area contributed by atoms with Gasteiger partial charge >= 0.3 is 0 Å². The Balaban J connectivity index is 0.00000280. The molecule has 0 amide bonds. The molecule has 1 unspecified atom stereocenters. The second-order valence-corrected chi connectivity index (χ2v) is 7.67. The Bertz CT molecular complexity index is 549. The molecule has 0 aromatic carbocycles. The van der Waals surface area contributed by atoms with E-state index in [9.17, 15) is 0 Å². The Kier molecular flexibility index (Phi) is 11.3. The van der Waals surface area contributed by atoms with Gasteiger partial charge in [-0.25, -0.2) is 0 Å². The number of aliphatic imine (C=N–C) groups is 1. The first-order valence-electron chi connectivity index (χ1n) is 10.7. The highest BCUT2D eigenvalue weighted by Gasteiger charge is 2.22. The van der Waals surface area contributed by atoms with E-state index in [0.29, 0.717) is 6.04 Å². The van der Waals surface area contributed by atoms with Gasteiger partial charge in [0.1, 0.15) is 5.76 Å². The lowest BCUT2D eigenvalue weighted by Gasteiger charge is -2.21. The maximum absolute atomic E-state index is 5.72. The molecule has 1 saturated heterocycles. The van der Waals surface area contributed by atoms with E-state index in [0.717, 1.165) is 69.9 Å². The monoisotopic (exact) mass is 504 g/mol. The third kappa shape index (κ3) is 8.69. The topological polar surface area (TPSA) is 62.0 Å². The molecule has 160 valence electrons. The zero-order valence-electron chi connectivity index (χ0n) is 17.2. The Hall–Kier alpha value is -0.800. The van der Waals surface area contributed by atoms with Gasteiger partial charge in [-0.05, 0) is 63.2 Å². The van der Waals surface area contributed by atoms with Gasteiger partial charge in [-0.2, -0.15) is 0 Å². The van der Waals surface area contributed by atoms with Crippen LogP contribution in [0.2, 0.25) is 0 Å². The molecular weight excluding hydrogens is 467 g/mol. The van der Waals surface area contributed by atoms with Crippen LogP contribution >= 0.6 is 24.0 Å². The Morgan fingerprint density at radius 1 is 1.29 bits per heavy atom. The van der Waals surface area contributed by atoms with Gasteiger partial charge in [0.25, 0.3) is 0 Å². The zero-order chi connectivity index (χ0) is 18.7. The molecule has 2 fully saturated rings. The fourth-order valence-corrected chi connectivity index (χ4v) is 3.56. The molecule has 6 nitrogen and oxygen atoms in total. The third-order valence-corrected chi connectivity index (χ3v) is 5.42. The van der Waals surface area contributed by atoms with Gasteiger partial charge in [-0.3, -0.25) is 9.89 Å². The number of halogens is 1. The van der Waals surface area contributed by atoms with Crippen LogP contribution in [0.3, 0.4) is 0 Å². The van der Waals surface area contributed by atoms with Crippen LogP contribution in [-0.2, 0) is 11.2 Å². The van der Waals surface area contributed by atoms with Gasteiger partial charge < -0.3 is 19.8 Å². The minimum absolute atomic E-state index is 0. The van der Waals surface area contributed by atoms with Crippen LogP contribution < -0.4 is 10.6 Å². The molecule has 28 heavy (non-hydrogen) atoms. The van der Waals surface area contributed by atoms with Crippen LogP contribution in [0.25, 0.3) is 0 Å². The first-order chi connectivity index (χ1) is 13.3. The largest absolute Gasteiger partial charge is 0.469 e. The highest BCUT2D eigenvalue weighted by atomic mass is 127. The van der Waals surface area contributed by atoms with E-state index >= 15 is 0 Å². The predicted octanol–water partition coefficient (Wildman–Crippen LogP) is 3.28. The number of furan rings is 1. The second-order valence-electron chi connectivity index (χ2n) is 7.67. The molecule has 0 radical (unpaired) electrons. The molecule has 2 N–H and O–H groups in total.